The molecule has 1 atom stereocenters. The summed E-state index contributed by atoms with van der Waals surface area (Å²) in [7, 11) is -3.80. The van der Waals surface area contributed by atoms with E-state index in [-0.39, 0.29) is 23.6 Å². The van der Waals surface area contributed by atoms with E-state index >= 15 is 0 Å². The molecule has 164 valence electrons. The van der Waals surface area contributed by atoms with Gasteiger partial charge in [0.15, 0.2) is 6.10 Å². The largest absolute Gasteiger partial charge is 0.478 e. The number of rotatable bonds is 6. The number of ether oxygens (including phenoxy) is 1. The van der Waals surface area contributed by atoms with Gasteiger partial charge in [0.25, 0.3) is 5.91 Å². The Hall–Kier alpha value is -3.85. The Balaban J connectivity index is 1.57. The van der Waals surface area contributed by atoms with Gasteiger partial charge in [0.1, 0.15) is 5.75 Å². The fraction of sp³-hybridized carbons (Fsp3) is 0.130. The third kappa shape index (κ3) is 4.57. The molecule has 9 heteroatoms. The van der Waals surface area contributed by atoms with Crippen molar-refractivity contribution in [1.82, 2.24) is 0 Å². The highest BCUT2D eigenvalue weighted by molar-refractivity contribution is 7.92. The van der Waals surface area contributed by atoms with Gasteiger partial charge in [-0.1, -0.05) is 42.5 Å². The number of hydrogen-bond donors (Lipinski definition) is 2. The Labute approximate surface area is 185 Å². The van der Waals surface area contributed by atoms with Crippen molar-refractivity contribution in [3.63, 3.8) is 0 Å². The average Bonchev–Trinajstić information content (AvgIpc) is 2.79. The highest BCUT2D eigenvalue weighted by Crippen LogP contribution is 2.36. The van der Waals surface area contributed by atoms with Crippen molar-refractivity contribution < 1.29 is 27.9 Å². The summed E-state index contributed by atoms with van der Waals surface area (Å²) in [5.74, 6) is -1.54. The number of nitrogens with zero attached hydrogens (tertiary/aromatic N) is 1. The lowest BCUT2D eigenvalue weighted by atomic mass is 10.2. The van der Waals surface area contributed by atoms with Crippen LogP contribution in [0.15, 0.2) is 78.9 Å². The van der Waals surface area contributed by atoms with Crippen LogP contribution in [0.5, 0.6) is 5.75 Å². The summed E-state index contributed by atoms with van der Waals surface area (Å²) in [6.07, 6.45) is -1.09. The second-order valence-electron chi connectivity index (χ2n) is 7.22. The second kappa shape index (κ2) is 8.72. The SMILES string of the molecule is O=C(O)c1ccc(NC(=O)C2CN(S(=O)(=O)Cc3ccccc3)c3ccccc3O2)cc1. The summed E-state index contributed by atoms with van der Waals surface area (Å²) in [5.41, 5.74) is 1.47. The van der Waals surface area contributed by atoms with E-state index in [1.54, 1.807) is 48.5 Å². The van der Waals surface area contributed by atoms with Gasteiger partial charge >= 0.3 is 5.97 Å². The number of aromatic carboxylic acids is 1. The van der Waals surface area contributed by atoms with Gasteiger partial charge in [-0.2, -0.15) is 0 Å². The zero-order valence-corrected chi connectivity index (χ0v) is 17.7. The second-order valence-corrected chi connectivity index (χ2v) is 9.11. The molecule has 1 aliphatic rings. The molecule has 32 heavy (non-hydrogen) atoms. The normalized spacial score (nSPS) is 15.4. The first-order chi connectivity index (χ1) is 15.3. The maximum atomic E-state index is 13.2. The summed E-state index contributed by atoms with van der Waals surface area (Å²) in [5, 5.41) is 11.6. The lowest BCUT2D eigenvalue weighted by molar-refractivity contribution is -0.122. The molecule has 0 spiro atoms. The van der Waals surface area contributed by atoms with Crippen LogP contribution in [-0.2, 0) is 20.6 Å². The van der Waals surface area contributed by atoms with Crippen molar-refractivity contribution in [1.29, 1.82) is 0 Å². The molecule has 3 aromatic rings. The van der Waals surface area contributed by atoms with E-state index in [1.807, 2.05) is 6.07 Å². The Bertz CT molecular complexity index is 1240. The quantitative estimate of drug-likeness (QED) is 0.594. The molecule has 2 N–H and O–H groups in total. The lowest BCUT2D eigenvalue weighted by Crippen LogP contribution is -2.49. The van der Waals surface area contributed by atoms with E-state index in [0.29, 0.717) is 16.9 Å². The van der Waals surface area contributed by atoms with Crippen LogP contribution in [0.1, 0.15) is 15.9 Å². The third-order valence-corrected chi connectivity index (χ3v) is 6.67. The number of carboxylic acids is 1. The summed E-state index contributed by atoms with van der Waals surface area (Å²) in [6, 6.07) is 21.1. The number of carboxylic acid groups (broad SMARTS) is 1. The molecule has 0 fully saturated rings. The molecule has 0 bridgehead atoms. The Kier molecular flexibility index (Phi) is 5.83. The van der Waals surface area contributed by atoms with Crippen LogP contribution in [0, 0.1) is 0 Å². The first-order valence-electron chi connectivity index (χ1n) is 9.78. The number of hydrogen-bond acceptors (Lipinski definition) is 5. The van der Waals surface area contributed by atoms with Crippen molar-refractivity contribution >= 4 is 33.3 Å². The van der Waals surface area contributed by atoms with Gasteiger partial charge in [-0.3, -0.25) is 9.10 Å². The van der Waals surface area contributed by atoms with E-state index in [1.165, 1.54) is 28.6 Å². The minimum absolute atomic E-state index is 0.0871. The van der Waals surface area contributed by atoms with Crippen LogP contribution in [0.3, 0.4) is 0 Å². The molecular formula is C23H20N2O6S. The number of anilines is 2. The zero-order chi connectivity index (χ0) is 22.7. The molecule has 1 heterocycles. The fourth-order valence-electron chi connectivity index (χ4n) is 3.38. The van der Waals surface area contributed by atoms with Gasteiger partial charge in [0.2, 0.25) is 10.0 Å². The highest BCUT2D eigenvalue weighted by atomic mass is 32.2. The zero-order valence-electron chi connectivity index (χ0n) is 16.8. The Morgan fingerprint density at radius 2 is 1.62 bits per heavy atom. The van der Waals surface area contributed by atoms with E-state index in [0.717, 1.165) is 0 Å². The van der Waals surface area contributed by atoms with Crippen LogP contribution in [-0.4, -0.2) is 38.0 Å². The molecule has 0 aliphatic carbocycles. The number of carbonyl (C=O) groups excluding carboxylic acids is 1. The van der Waals surface area contributed by atoms with E-state index in [9.17, 15) is 18.0 Å². The smallest absolute Gasteiger partial charge is 0.335 e. The molecule has 0 saturated carbocycles. The van der Waals surface area contributed by atoms with Crippen LogP contribution in [0.25, 0.3) is 0 Å². The number of para-hydroxylation sites is 2. The molecule has 1 unspecified atom stereocenters. The topological polar surface area (TPSA) is 113 Å². The van der Waals surface area contributed by atoms with Crippen LogP contribution < -0.4 is 14.4 Å². The minimum atomic E-state index is -3.80. The summed E-state index contributed by atoms with van der Waals surface area (Å²) in [6.45, 7) is -0.189. The number of carbonyl (C=O) groups is 2. The van der Waals surface area contributed by atoms with E-state index in [2.05, 4.69) is 5.32 Å². The van der Waals surface area contributed by atoms with Crippen molar-refractivity contribution in [3.8, 4) is 5.75 Å². The predicted molar refractivity (Wildman–Crippen MR) is 119 cm³/mol. The molecule has 0 radical (unpaired) electrons. The number of fused-ring (bicyclic) bond motifs is 1. The van der Waals surface area contributed by atoms with Crippen LogP contribution in [0.4, 0.5) is 11.4 Å². The maximum absolute atomic E-state index is 13.2. The molecule has 0 saturated heterocycles. The number of benzene rings is 3. The van der Waals surface area contributed by atoms with Crippen molar-refractivity contribution in [2.75, 3.05) is 16.2 Å². The Morgan fingerprint density at radius 3 is 2.31 bits per heavy atom. The third-order valence-electron chi connectivity index (χ3n) is 4.95. The molecular weight excluding hydrogens is 432 g/mol. The summed E-state index contributed by atoms with van der Waals surface area (Å²) >= 11 is 0. The molecule has 1 aliphatic heterocycles. The van der Waals surface area contributed by atoms with E-state index < -0.39 is 28.0 Å². The number of nitrogens with one attached hydrogen (secondary N) is 1. The lowest BCUT2D eigenvalue weighted by Gasteiger charge is -2.34. The Morgan fingerprint density at radius 1 is 0.969 bits per heavy atom. The predicted octanol–water partition coefficient (Wildman–Crippen LogP) is 3.12. The van der Waals surface area contributed by atoms with Crippen molar-refractivity contribution in [2.45, 2.75) is 11.9 Å². The molecule has 8 nitrogen and oxygen atoms in total. The maximum Gasteiger partial charge on any atom is 0.335 e. The van der Waals surface area contributed by atoms with Gasteiger partial charge < -0.3 is 15.2 Å². The number of amides is 1. The minimum Gasteiger partial charge on any atom is -0.478 e. The van der Waals surface area contributed by atoms with Crippen LogP contribution in [0.2, 0.25) is 0 Å². The van der Waals surface area contributed by atoms with Crippen molar-refractivity contribution in [3.05, 3.63) is 90.0 Å². The highest BCUT2D eigenvalue weighted by Gasteiger charge is 2.36. The number of sulfonamides is 1. The van der Waals surface area contributed by atoms with Gasteiger partial charge in [-0.15, -0.1) is 0 Å². The molecule has 0 aromatic heterocycles. The molecule has 3 aromatic carbocycles. The van der Waals surface area contributed by atoms with Gasteiger partial charge in [0, 0.05) is 5.69 Å². The summed E-state index contributed by atoms with van der Waals surface area (Å²) < 4.78 is 33.5. The average molecular weight is 452 g/mol. The van der Waals surface area contributed by atoms with Gasteiger partial charge in [-0.25, -0.2) is 13.2 Å². The van der Waals surface area contributed by atoms with Crippen molar-refractivity contribution in [2.24, 2.45) is 0 Å². The van der Waals surface area contributed by atoms with Gasteiger partial charge in [-0.05, 0) is 42.0 Å². The monoisotopic (exact) mass is 452 g/mol. The van der Waals surface area contributed by atoms with Gasteiger partial charge in [0.05, 0.1) is 23.5 Å². The first-order valence-corrected chi connectivity index (χ1v) is 11.4. The molecule has 4 rings (SSSR count). The fourth-order valence-corrected chi connectivity index (χ4v) is 4.97. The molecule has 1 amide bonds. The standard InChI is InChI=1S/C23H20N2O6S/c26-22(24-18-12-10-17(11-13-18)23(27)28)21-14-25(19-8-4-5-9-20(19)31-21)32(29,30)15-16-6-2-1-3-7-16/h1-13,21H,14-15H2,(H,24,26)(H,27,28). The van der Waals surface area contributed by atoms with E-state index in [4.69, 9.17) is 9.84 Å². The first kappa shape index (κ1) is 21.4. The van der Waals surface area contributed by atoms with Crippen LogP contribution >= 0.6 is 0 Å². The summed E-state index contributed by atoms with van der Waals surface area (Å²) in [4.78, 5) is 23.8.